The van der Waals surface area contributed by atoms with E-state index in [-0.39, 0.29) is 31.8 Å². The second kappa shape index (κ2) is 15.7. The molecule has 9 heteroatoms. The number of ether oxygens (including phenoxy) is 5. The first kappa shape index (κ1) is 23.7. The van der Waals surface area contributed by atoms with Gasteiger partial charge >= 0.3 is 11.9 Å². The summed E-state index contributed by atoms with van der Waals surface area (Å²) in [4.78, 5) is 33.6. The Labute approximate surface area is 163 Å². The topological polar surface area (TPSA) is 118 Å². The second-order valence-corrected chi connectivity index (χ2v) is 5.42. The number of esters is 1. The summed E-state index contributed by atoms with van der Waals surface area (Å²) in [5, 5.41) is 8.42. The van der Waals surface area contributed by atoms with Crippen LogP contribution in [-0.2, 0) is 33.3 Å². The Morgan fingerprint density at radius 3 is 1.64 bits per heavy atom. The van der Waals surface area contributed by atoms with Crippen LogP contribution < -0.4 is 0 Å². The average Bonchev–Trinajstić information content (AvgIpc) is 2.70. The van der Waals surface area contributed by atoms with E-state index >= 15 is 0 Å². The quantitative estimate of drug-likeness (QED) is 0.177. The molecule has 1 N–H and O–H groups in total. The zero-order valence-corrected chi connectivity index (χ0v) is 15.7. The number of carboxylic acid groups (broad SMARTS) is 1. The van der Waals surface area contributed by atoms with E-state index in [4.69, 9.17) is 28.8 Å². The van der Waals surface area contributed by atoms with Crippen molar-refractivity contribution in [3.05, 3.63) is 35.9 Å². The molecule has 0 aliphatic rings. The zero-order valence-electron chi connectivity index (χ0n) is 15.7. The van der Waals surface area contributed by atoms with Crippen molar-refractivity contribution < 1.29 is 43.2 Å². The van der Waals surface area contributed by atoms with Crippen molar-refractivity contribution in [1.29, 1.82) is 0 Å². The number of carboxylic acids is 1. The van der Waals surface area contributed by atoms with Gasteiger partial charge in [-0.15, -0.1) is 0 Å². The van der Waals surface area contributed by atoms with Crippen molar-refractivity contribution >= 4 is 17.7 Å². The summed E-state index contributed by atoms with van der Waals surface area (Å²) >= 11 is 0. The van der Waals surface area contributed by atoms with Gasteiger partial charge in [-0.3, -0.25) is 9.59 Å². The van der Waals surface area contributed by atoms with Gasteiger partial charge in [0.1, 0.15) is 6.61 Å². The molecule has 0 bridgehead atoms. The normalized spacial score (nSPS) is 10.6. The number of carbonyl (C=O) groups is 3. The standard InChI is InChI=1S/C19H26O9/c20-17(21)6-7-24-8-9-25-10-11-26-12-13-27-14-15-28-19(23)18(22)16-4-2-1-3-5-16/h1-5H,6-15H2,(H,20,21). The third-order valence-electron chi connectivity index (χ3n) is 3.26. The van der Waals surface area contributed by atoms with E-state index in [1.807, 2.05) is 0 Å². The fraction of sp³-hybridized carbons (Fsp3) is 0.526. The molecule has 0 aliphatic carbocycles. The number of Topliss-reactive ketones (excluding diaryl/α,β-unsaturated/α-hetero) is 1. The van der Waals surface area contributed by atoms with Gasteiger partial charge in [-0.25, -0.2) is 4.79 Å². The van der Waals surface area contributed by atoms with Crippen molar-refractivity contribution in [2.75, 3.05) is 59.5 Å². The number of aliphatic carboxylic acids is 1. The van der Waals surface area contributed by atoms with Crippen LogP contribution in [-0.4, -0.2) is 82.3 Å². The van der Waals surface area contributed by atoms with Crippen molar-refractivity contribution in [2.45, 2.75) is 6.42 Å². The van der Waals surface area contributed by atoms with E-state index in [1.54, 1.807) is 30.3 Å². The molecule has 0 radical (unpaired) electrons. The molecule has 0 atom stereocenters. The monoisotopic (exact) mass is 398 g/mol. The Balaban J connectivity index is 1.85. The zero-order chi connectivity index (χ0) is 20.5. The Morgan fingerprint density at radius 2 is 1.14 bits per heavy atom. The van der Waals surface area contributed by atoms with Crippen molar-refractivity contribution in [3.8, 4) is 0 Å². The fourth-order valence-corrected chi connectivity index (χ4v) is 1.89. The lowest BCUT2D eigenvalue weighted by Crippen LogP contribution is -2.20. The first-order valence-corrected chi connectivity index (χ1v) is 8.90. The summed E-state index contributed by atoms with van der Waals surface area (Å²) in [6.07, 6.45) is -0.0222. The molecule has 0 spiro atoms. The van der Waals surface area contributed by atoms with Crippen LogP contribution in [0.2, 0.25) is 0 Å². The highest BCUT2D eigenvalue weighted by atomic mass is 16.6. The molecule has 0 saturated carbocycles. The molecular weight excluding hydrogens is 372 g/mol. The van der Waals surface area contributed by atoms with Crippen LogP contribution >= 0.6 is 0 Å². The molecule has 1 aromatic rings. The molecule has 0 aromatic heterocycles. The maximum absolute atomic E-state index is 11.8. The molecular formula is C19H26O9. The van der Waals surface area contributed by atoms with Gasteiger partial charge in [0, 0.05) is 5.56 Å². The van der Waals surface area contributed by atoms with Crippen LogP contribution in [0.5, 0.6) is 0 Å². The molecule has 0 amide bonds. The summed E-state index contributed by atoms with van der Waals surface area (Å²) in [7, 11) is 0. The molecule has 0 fully saturated rings. The number of benzene rings is 1. The molecule has 9 nitrogen and oxygen atoms in total. The molecule has 0 heterocycles. The third kappa shape index (κ3) is 12.1. The van der Waals surface area contributed by atoms with E-state index in [9.17, 15) is 14.4 Å². The van der Waals surface area contributed by atoms with Crippen LogP contribution in [0, 0.1) is 0 Å². The van der Waals surface area contributed by atoms with Crippen molar-refractivity contribution in [1.82, 2.24) is 0 Å². The molecule has 1 aromatic carbocycles. The van der Waals surface area contributed by atoms with E-state index in [1.165, 1.54) is 0 Å². The average molecular weight is 398 g/mol. The Hall–Kier alpha value is -2.33. The van der Waals surface area contributed by atoms with Gasteiger partial charge < -0.3 is 28.8 Å². The first-order chi connectivity index (χ1) is 13.6. The molecule has 0 unspecified atom stereocenters. The highest BCUT2D eigenvalue weighted by molar-refractivity contribution is 6.40. The van der Waals surface area contributed by atoms with Crippen molar-refractivity contribution in [3.63, 3.8) is 0 Å². The van der Waals surface area contributed by atoms with Gasteiger partial charge in [-0.05, 0) is 0 Å². The van der Waals surface area contributed by atoms with Crippen LogP contribution in [0.3, 0.4) is 0 Å². The maximum Gasteiger partial charge on any atom is 0.379 e. The number of carbonyl (C=O) groups excluding carboxylic acids is 2. The smallest absolute Gasteiger partial charge is 0.379 e. The largest absolute Gasteiger partial charge is 0.481 e. The summed E-state index contributed by atoms with van der Waals surface area (Å²) in [6.45, 7) is 2.48. The van der Waals surface area contributed by atoms with Gasteiger partial charge in [-0.2, -0.15) is 0 Å². The minimum atomic E-state index is -0.907. The SMILES string of the molecule is O=C(O)CCOCCOCCOCCOCCOC(=O)C(=O)c1ccccc1. The Bertz CT molecular complexity index is 574. The molecule has 156 valence electrons. The molecule has 0 aliphatic heterocycles. The van der Waals surface area contributed by atoms with Gasteiger partial charge in [0.25, 0.3) is 5.78 Å². The highest BCUT2D eigenvalue weighted by Gasteiger charge is 2.16. The second-order valence-electron chi connectivity index (χ2n) is 5.42. The minimum Gasteiger partial charge on any atom is -0.481 e. The van der Waals surface area contributed by atoms with E-state index in [0.29, 0.717) is 39.6 Å². The number of hydrogen-bond acceptors (Lipinski definition) is 8. The summed E-state index contributed by atoms with van der Waals surface area (Å²) in [6, 6.07) is 8.20. The van der Waals surface area contributed by atoms with E-state index < -0.39 is 17.7 Å². The first-order valence-electron chi connectivity index (χ1n) is 8.90. The van der Waals surface area contributed by atoms with Crippen LogP contribution in [0.1, 0.15) is 16.8 Å². The van der Waals surface area contributed by atoms with Crippen LogP contribution in [0.15, 0.2) is 30.3 Å². The summed E-state index contributed by atoms with van der Waals surface area (Å²) in [5.41, 5.74) is 0.288. The third-order valence-corrected chi connectivity index (χ3v) is 3.26. The Morgan fingerprint density at radius 1 is 0.679 bits per heavy atom. The van der Waals surface area contributed by atoms with E-state index in [2.05, 4.69) is 0 Å². The number of hydrogen-bond donors (Lipinski definition) is 1. The lowest BCUT2D eigenvalue weighted by molar-refractivity contribution is -0.140. The predicted molar refractivity (Wildman–Crippen MR) is 97.3 cm³/mol. The van der Waals surface area contributed by atoms with Crippen LogP contribution in [0.25, 0.3) is 0 Å². The summed E-state index contributed by atoms with van der Waals surface area (Å²) in [5.74, 6) is -2.48. The van der Waals surface area contributed by atoms with Gasteiger partial charge in [0.15, 0.2) is 0 Å². The molecule has 28 heavy (non-hydrogen) atoms. The lowest BCUT2D eigenvalue weighted by atomic mass is 10.1. The minimum absolute atomic E-state index is 0.0115. The molecule has 0 saturated heterocycles. The maximum atomic E-state index is 11.8. The van der Waals surface area contributed by atoms with Crippen molar-refractivity contribution in [2.24, 2.45) is 0 Å². The Kier molecular flexibility index (Phi) is 13.3. The lowest BCUT2D eigenvalue weighted by Gasteiger charge is -2.07. The van der Waals surface area contributed by atoms with E-state index in [0.717, 1.165) is 0 Å². The van der Waals surface area contributed by atoms with Gasteiger partial charge in [0.2, 0.25) is 0 Å². The number of ketones is 1. The predicted octanol–water partition coefficient (Wildman–Crippen LogP) is 0.954. The fourth-order valence-electron chi connectivity index (χ4n) is 1.89. The highest BCUT2D eigenvalue weighted by Crippen LogP contribution is 2.01. The van der Waals surface area contributed by atoms with Gasteiger partial charge in [-0.1, -0.05) is 30.3 Å². The summed E-state index contributed by atoms with van der Waals surface area (Å²) < 4.78 is 25.7. The van der Waals surface area contributed by atoms with Gasteiger partial charge in [0.05, 0.1) is 59.3 Å². The molecule has 1 rings (SSSR count). The number of rotatable bonds is 17. The van der Waals surface area contributed by atoms with Crippen LogP contribution in [0.4, 0.5) is 0 Å².